The lowest BCUT2D eigenvalue weighted by Crippen LogP contribution is -1.95. The minimum atomic E-state index is -0.657. The predicted molar refractivity (Wildman–Crippen MR) is 74.0 cm³/mol. The number of aromatic nitrogens is 1. The molecule has 0 N–H and O–H groups in total. The second kappa shape index (κ2) is 5.75. The van der Waals surface area contributed by atoms with E-state index in [0.717, 1.165) is 0 Å². The number of rotatable bonds is 2. The Kier molecular flexibility index (Phi) is 4.26. The van der Waals surface area contributed by atoms with E-state index in [1.165, 1.54) is 24.4 Å². The normalized spacial score (nSPS) is 10.3. The van der Waals surface area contributed by atoms with Crippen LogP contribution < -0.4 is 0 Å². The second-order valence-electron chi connectivity index (χ2n) is 3.74. The van der Waals surface area contributed by atoms with Crippen molar-refractivity contribution >= 4 is 34.8 Å². The van der Waals surface area contributed by atoms with Crippen LogP contribution in [0, 0.1) is 17.3 Å². The lowest BCUT2D eigenvalue weighted by molar-refractivity contribution is 0.582. The topological polar surface area (TPSA) is 36.7 Å². The second-order valence-corrected chi connectivity index (χ2v) is 4.99. The summed E-state index contributed by atoms with van der Waals surface area (Å²) in [4.78, 5) is 3.58. The first-order valence-corrected chi connectivity index (χ1v) is 6.32. The van der Waals surface area contributed by atoms with Gasteiger partial charge in [0.2, 0.25) is 5.95 Å². The Hall–Kier alpha value is -1.34. The number of nitriles is 1. The molecule has 96 valence electrons. The zero-order valence-corrected chi connectivity index (χ0v) is 11.7. The molecule has 1 aromatic carbocycles. The van der Waals surface area contributed by atoms with Crippen LogP contribution in [0.3, 0.4) is 0 Å². The van der Waals surface area contributed by atoms with Crippen molar-refractivity contribution < 1.29 is 4.39 Å². The molecule has 0 fully saturated rings. The van der Waals surface area contributed by atoms with Crippen LogP contribution in [0.4, 0.5) is 4.39 Å². The number of nitrogens with zero attached hydrogens (tertiary/aromatic N) is 2. The minimum absolute atomic E-state index is 0.0318. The Morgan fingerprint density at radius 2 is 1.79 bits per heavy atom. The maximum atomic E-state index is 13.1. The highest BCUT2D eigenvalue weighted by Gasteiger charge is 2.15. The predicted octanol–water partition coefficient (Wildman–Crippen LogP) is 4.91. The van der Waals surface area contributed by atoms with Crippen molar-refractivity contribution in [3.05, 3.63) is 51.0 Å². The molecule has 0 aliphatic rings. The van der Waals surface area contributed by atoms with E-state index < -0.39 is 5.95 Å². The van der Waals surface area contributed by atoms with Gasteiger partial charge in [-0.1, -0.05) is 34.8 Å². The molecule has 0 atom stereocenters. The summed E-state index contributed by atoms with van der Waals surface area (Å²) in [6.07, 6.45) is 1.34. The number of benzene rings is 1. The molecule has 0 aliphatic heterocycles. The van der Waals surface area contributed by atoms with Gasteiger partial charge in [0.1, 0.15) is 0 Å². The van der Waals surface area contributed by atoms with Crippen LogP contribution in [0.1, 0.15) is 5.56 Å². The van der Waals surface area contributed by atoms with Crippen molar-refractivity contribution in [2.75, 3.05) is 0 Å². The van der Waals surface area contributed by atoms with Gasteiger partial charge in [0.25, 0.3) is 0 Å². The van der Waals surface area contributed by atoms with Crippen molar-refractivity contribution in [1.29, 1.82) is 5.26 Å². The van der Waals surface area contributed by atoms with Gasteiger partial charge >= 0.3 is 0 Å². The molecule has 2 aromatic rings. The molecule has 0 aliphatic carbocycles. The van der Waals surface area contributed by atoms with Crippen LogP contribution in [-0.2, 0) is 6.42 Å². The van der Waals surface area contributed by atoms with Gasteiger partial charge < -0.3 is 0 Å². The zero-order valence-electron chi connectivity index (χ0n) is 9.42. The van der Waals surface area contributed by atoms with E-state index in [1.807, 2.05) is 6.07 Å². The van der Waals surface area contributed by atoms with Crippen LogP contribution in [0.15, 0.2) is 24.4 Å². The first kappa shape index (κ1) is 14.1. The van der Waals surface area contributed by atoms with Crippen LogP contribution in [0.25, 0.3) is 11.1 Å². The molecule has 0 spiro atoms. The Morgan fingerprint density at radius 3 is 2.37 bits per heavy atom. The molecule has 0 amide bonds. The number of hydrogen-bond donors (Lipinski definition) is 0. The van der Waals surface area contributed by atoms with Gasteiger partial charge in [-0.15, -0.1) is 0 Å². The molecular weight excluding hydrogens is 310 g/mol. The summed E-state index contributed by atoms with van der Waals surface area (Å²) >= 11 is 18.1. The summed E-state index contributed by atoms with van der Waals surface area (Å²) in [7, 11) is 0. The van der Waals surface area contributed by atoms with Crippen LogP contribution >= 0.6 is 34.8 Å². The maximum absolute atomic E-state index is 13.1. The van der Waals surface area contributed by atoms with Crippen molar-refractivity contribution in [1.82, 2.24) is 4.98 Å². The molecule has 0 bridgehead atoms. The van der Waals surface area contributed by atoms with Gasteiger partial charge in [-0.25, -0.2) is 4.98 Å². The molecule has 0 radical (unpaired) electrons. The Bertz CT molecular complexity index is 657. The fourth-order valence-electron chi connectivity index (χ4n) is 1.72. The van der Waals surface area contributed by atoms with Gasteiger partial charge in [-0.2, -0.15) is 9.65 Å². The quantitative estimate of drug-likeness (QED) is 0.738. The SMILES string of the molecule is N#CCc1cc(F)ncc1-c1c(Cl)cc(Cl)cc1Cl. The lowest BCUT2D eigenvalue weighted by Gasteiger charge is -2.11. The van der Waals surface area contributed by atoms with E-state index in [0.29, 0.717) is 31.8 Å². The van der Waals surface area contributed by atoms with Gasteiger partial charge in [0, 0.05) is 22.3 Å². The third-order valence-corrected chi connectivity index (χ3v) is 3.32. The molecule has 19 heavy (non-hydrogen) atoms. The summed E-state index contributed by atoms with van der Waals surface area (Å²) in [5.41, 5.74) is 1.49. The molecule has 0 saturated heterocycles. The van der Waals surface area contributed by atoms with Crippen molar-refractivity contribution in [3.8, 4) is 17.2 Å². The summed E-state index contributed by atoms with van der Waals surface area (Å²) in [6, 6.07) is 6.22. The smallest absolute Gasteiger partial charge is 0.213 e. The molecule has 0 saturated carbocycles. The number of halogens is 4. The molecule has 0 unspecified atom stereocenters. The summed E-state index contributed by atoms with van der Waals surface area (Å²) in [5, 5.41) is 9.83. The van der Waals surface area contributed by atoms with Crippen LogP contribution in [0.2, 0.25) is 15.1 Å². The summed E-state index contributed by atoms with van der Waals surface area (Å²) < 4.78 is 13.1. The van der Waals surface area contributed by atoms with Gasteiger partial charge in [-0.05, 0) is 23.8 Å². The van der Waals surface area contributed by atoms with E-state index >= 15 is 0 Å². The van der Waals surface area contributed by atoms with Crippen molar-refractivity contribution in [2.45, 2.75) is 6.42 Å². The van der Waals surface area contributed by atoms with Crippen LogP contribution in [-0.4, -0.2) is 4.98 Å². The van der Waals surface area contributed by atoms with E-state index in [2.05, 4.69) is 4.98 Å². The fourth-order valence-corrected chi connectivity index (χ4v) is 2.74. The van der Waals surface area contributed by atoms with E-state index in [4.69, 9.17) is 40.1 Å². The highest BCUT2D eigenvalue weighted by atomic mass is 35.5. The maximum Gasteiger partial charge on any atom is 0.213 e. The number of pyridine rings is 1. The standard InChI is InChI=1S/C13H6Cl3FN2/c14-8-4-10(15)13(11(16)5-8)9-6-19-12(17)3-7(9)1-2-18/h3-6H,1H2. The molecule has 1 aromatic heterocycles. The Balaban J connectivity index is 2.69. The highest BCUT2D eigenvalue weighted by molar-refractivity contribution is 6.41. The summed E-state index contributed by atoms with van der Waals surface area (Å²) in [6.45, 7) is 0. The average molecular weight is 316 g/mol. The third-order valence-electron chi connectivity index (χ3n) is 2.50. The fraction of sp³-hybridized carbons (Fsp3) is 0.0769. The van der Waals surface area contributed by atoms with Crippen molar-refractivity contribution in [2.24, 2.45) is 0 Å². The highest BCUT2D eigenvalue weighted by Crippen LogP contribution is 2.38. The Labute approximate surface area is 124 Å². The molecular formula is C13H6Cl3FN2. The third kappa shape index (κ3) is 2.98. The van der Waals surface area contributed by atoms with Crippen LogP contribution in [0.5, 0.6) is 0 Å². The largest absolute Gasteiger partial charge is 0.228 e. The molecule has 6 heteroatoms. The molecule has 1 heterocycles. The monoisotopic (exact) mass is 314 g/mol. The first-order chi connectivity index (χ1) is 9.02. The minimum Gasteiger partial charge on any atom is -0.228 e. The average Bonchev–Trinajstić information content (AvgIpc) is 2.31. The van der Waals surface area contributed by atoms with Gasteiger partial charge in [-0.3, -0.25) is 0 Å². The van der Waals surface area contributed by atoms with Crippen molar-refractivity contribution in [3.63, 3.8) is 0 Å². The Morgan fingerprint density at radius 1 is 1.16 bits per heavy atom. The number of hydrogen-bond acceptors (Lipinski definition) is 2. The van der Waals surface area contributed by atoms with Gasteiger partial charge in [0.05, 0.1) is 22.5 Å². The zero-order chi connectivity index (χ0) is 14.0. The van der Waals surface area contributed by atoms with E-state index in [9.17, 15) is 4.39 Å². The lowest BCUT2D eigenvalue weighted by atomic mass is 10.00. The molecule has 2 rings (SSSR count). The summed E-state index contributed by atoms with van der Waals surface area (Å²) in [5.74, 6) is -0.657. The molecule has 2 nitrogen and oxygen atoms in total. The van der Waals surface area contributed by atoms with E-state index in [1.54, 1.807) is 0 Å². The first-order valence-electron chi connectivity index (χ1n) is 5.19. The van der Waals surface area contributed by atoms with Gasteiger partial charge in [0.15, 0.2) is 0 Å². The van der Waals surface area contributed by atoms with E-state index in [-0.39, 0.29) is 6.42 Å².